The van der Waals surface area contributed by atoms with Crippen molar-refractivity contribution in [1.82, 2.24) is 14.8 Å². The molecule has 27 heavy (non-hydrogen) atoms. The fourth-order valence-corrected chi connectivity index (χ4v) is 6.48. The molecule has 0 N–H and O–H groups in total. The van der Waals surface area contributed by atoms with Crippen molar-refractivity contribution in [3.05, 3.63) is 29.1 Å². The van der Waals surface area contributed by atoms with Crippen molar-refractivity contribution < 1.29 is 13.9 Å². The van der Waals surface area contributed by atoms with E-state index in [4.69, 9.17) is 4.74 Å². The molecule has 1 aromatic rings. The molecule has 0 aromatic carbocycles. The summed E-state index contributed by atoms with van der Waals surface area (Å²) in [4.78, 5) is 22.8. The van der Waals surface area contributed by atoms with Gasteiger partial charge in [-0.05, 0) is 36.8 Å². The normalized spacial score (nSPS) is 42.5. The van der Waals surface area contributed by atoms with Crippen LogP contribution in [0.5, 0.6) is 0 Å². The third kappa shape index (κ3) is 2.06. The number of morpholine rings is 1. The van der Waals surface area contributed by atoms with Crippen LogP contribution < -0.4 is 0 Å². The summed E-state index contributed by atoms with van der Waals surface area (Å²) in [5, 5.41) is 0. The van der Waals surface area contributed by atoms with Crippen molar-refractivity contribution in [3.63, 3.8) is 0 Å². The summed E-state index contributed by atoms with van der Waals surface area (Å²) in [7, 11) is 0. The summed E-state index contributed by atoms with van der Waals surface area (Å²) in [6.07, 6.45) is 6.02. The molecule has 5 nitrogen and oxygen atoms in total. The molecule has 1 saturated carbocycles. The van der Waals surface area contributed by atoms with Crippen LogP contribution in [0.3, 0.4) is 0 Å². The number of rotatable bonds is 2. The van der Waals surface area contributed by atoms with Crippen molar-refractivity contribution >= 4 is 5.91 Å². The predicted octanol–water partition coefficient (Wildman–Crippen LogP) is 2.08. The van der Waals surface area contributed by atoms with E-state index >= 15 is 0 Å². The lowest BCUT2D eigenvalue weighted by molar-refractivity contribution is -0.226. The summed E-state index contributed by atoms with van der Waals surface area (Å²) in [5.74, 6) is 0.682. The number of halogens is 1. The van der Waals surface area contributed by atoms with Crippen molar-refractivity contribution in [3.8, 4) is 0 Å². The number of likely N-dealkylation sites (tertiary alicyclic amines) is 1. The van der Waals surface area contributed by atoms with Gasteiger partial charge in [0.1, 0.15) is 6.67 Å². The van der Waals surface area contributed by atoms with Crippen LogP contribution in [0.1, 0.15) is 43.0 Å². The number of alkyl halides is 1. The van der Waals surface area contributed by atoms with Gasteiger partial charge in [0, 0.05) is 49.0 Å². The highest BCUT2D eigenvalue weighted by molar-refractivity contribution is 5.87. The lowest BCUT2D eigenvalue weighted by Gasteiger charge is -2.57. The van der Waals surface area contributed by atoms with Gasteiger partial charge in [-0.2, -0.15) is 0 Å². The number of amides is 1. The second kappa shape index (κ2) is 5.51. The first-order valence-electron chi connectivity index (χ1n) is 10.3. The number of hydrogen-bond donors (Lipinski definition) is 0. The minimum absolute atomic E-state index is 0.212. The van der Waals surface area contributed by atoms with Crippen LogP contribution in [0.2, 0.25) is 0 Å². The van der Waals surface area contributed by atoms with Gasteiger partial charge in [-0.15, -0.1) is 0 Å². The van der Waals surface area contributed by atoms with E-state index in [1.807, 2.05) is 6.07 Å². The summed E-state index contributed by atoms with van der Waals surface area (Å²) < 4.78 is 18.6. The molecule has 1 spiro atoms. The van der Waals surface area contributed by atoms with E-state index in [0.29, 0.717) is 42.1 Å². The second-order valence-electron chi connectivity index (χ2n) is 9.26. The molecule has 3 saturated heterocycles. The summed E-state index contributed by atoms with van der Waals surface area (Å²) >= 11 is 0. The van der Waals surface area contributed by atoms with Gasteiger partial charge in [-0.3, -0.25) is 14.7 Å². The maximum atomic E-state index is 13.6. The minimum atomic E-state index is -0.499. The van der Waals surface area contributed by atoms with Crippen molar-refractivity contribution in [2.45, 2.75) is 70.1 Å². The Morgan fingerprint density at radius 1 is 1.41 bits per heavy atom. The van der Waals surface area contributed by atoms with Crippen LogP contribution in [0.4, 0.5) is 4.39 Å². The zero-order chi connectivity index (χ0) is 18.3. The van der Waals surface area contributed by atoms with E-state index in [2.05, 4.69) is 21.7 Å². The van der Waals surface area contributed by atoms with Gasteiger partial charge < -0.3 is 9.64 Å². The molecule has 4 fully saturated rings. The molecule has 6 heteroatoms. The van der Waals surface area contributed by atoms with Crippen LogP contribution in [-0.4, -0.2) is 58.1 Å². The lowest BCUT2D eigenvalue weighted by atomic mass is 9.73. The molecule has 144 valence electrons. The summed E-state index contributed by atoms with van der Waals surface area (Å²) in [6, 6.07) is 3.27. The SMILES string of the molecule is CC1C2Cc3ncc(CF)cc3CN2C(=O)[C@]12CCC(N1CC3OCC31)C2. The van der Waals surface area contributed by atoms with E-state index in [0.717, 1.165) is 50.1 Å². The van der Waals surface area contributed by atoms with E-state index < -0.39 is 6.67 Å². The minimum Gasteiger partial charge on any atom is -0.373 e. The zero-order valence-electron chi connectivity index (χ0n) is 15.7. The van der Waals surface area contributed by atoms with Crippen molar-refractivity contribution in [2.75, 3.05) is 13.2 Å². The Labute approximate surface area is 158 Å². The van der Waals surface area contributed by atoms with Gasteiger partial charge in [-0.1, -0.05) is 6.92 Å². The van der Waals surface area contributed by atoms with Crippen LogP contribution >= 0.6 is 0 Å². The fraction of sp³-hybridized carbons (Fsp3) is 0.714. The molecule has 4 aliphatic heterocycles. The van der Waals surface area contributed by atoms with Gasteiger partial charge >= 0.3 is 0 Å². The average molecular weight is 371 g/mol. The molecule has 1 aliphatic carbocycles. The smallest absolute Gasteiger partial charge is 0.229 e. The molecule has 0 bridgehead atoms. The highest BCUT2D eigenvalue weighted by Crippen LogP contribution is 2.56. The third-order valence-electron chi connectivity index (χ3n) is 8.27. The van der Waals surface area contributed by atoms with E-state index in [1.54, 1.807) is 6.20 Å². The largest absolute Gasteiger partial charge is 0.373 e. The number of carbonyl (C=O) groups is 1. The average Bonchev–Trinajstić information content (AvgIpc) is 3.20. The van der Waals surface area contributed by atoms with Crippen LogP contribution in [-0.2, 0) is 29.2 Å². The Bertz CT molecular complexity index is 817. The third-order valence-corrected chi connectivity index (χ3v) is 8.27. The Balaban J connectivity index is 1.26. The topological polar surface area (TPSA) is 45.7 Å². The second-order valence-corrected chi connectivity index (χ2v) is 9.26. The first-order valence-corrected chi connectivity index (χ1v) is 10.3. The zero-order valence-corrected chi connectivity index (χ0v) is 15.7. The number of pyridine rings is 1. The number of nitrogens with zero attached hydrogens (tertiary/aromatic N) is 3. The number of ether oxygens (including phenoxy) is 1. The molecule has 0 radical (unpaired) electrons. The first-order chi connectivity index (χ1) is 13.1. The first kappa shape index (κ1) is 16.4. The van der Waals surface area contributed by atoms with Crippen LogP contribution in [0.25, 0.3) is 0 Å². The van der Waals surface area contributed by atoms with Gasteiger partial charge in [0.05, 0.1) is 24.2 Å². The molecule has 6 rings (SSSR count). The highest BCUT2D eigenvalue weighted by Gasteiger charge is 2.62. The maximum absolute atomic E-state index is 13.6. The van der Waals surface area contributed by atoms with Gasteiger partial charge in [0.2, 0.25) is 5.91 Å². The maximum Gasteiger partial charge on any atom is 0.229 e. The van der Waals surface area contributed by atoms with Gasteiger partial charge in [0.15, 0.2) is 0 Å². The molecule has 5 heterocycles. The molecule has 5 unspecified atom stereocenters. The molecule has 5 aliphatic rings. The van der Waals surface area contributed by atoms with Gasteiger partial charge in [0.25, 0.3) is 0 Å². The molecule has 1 aromatic heterocycles. The van der Waals surface area contributed by atoms with Crippen molar-refractivity contribution in [2.24, 2.45) is 11.3 Å². The summed E-state index contributed by atoms with van der Waals surface area (Å²) in [6.45, 7) is 4.28. The highest BCUT2D eigenvalue weighted by atomic mass is 19.1. The van der Waals surface area contributed by atoms with Crippen molar-refractivity contribution in [1.29, 1.82) is 0 Å². The number of hydrogen-bond acceptors (Lipinski definition) is 4. The van der Waals surface area contributed by atoms with Crippen LogP contribution in [0.15, 0.2) is 12.3 Å². The Morgan fingerprint density at radius 3 is 3.00 bits per heavy atom. The van der Waals surface area contributed by atoms with E-state index in [-0.39, 0.29) is 11.5 Å². The molecular formula is C21H26FN3O2. The van der Waals surface area contributed by atoms with Gasteiger partial charge in [-0.25, -0.2) is 4.39 Å². The Hall–Kier alpha value is -1.53. The molecular weight excluding hydrogens is 345 g/mol. The van der Waals surface area contributed by atoms with E-state index in [1.165, 1.54) is 0 Å². The number of fused-ring (bicyclic) bond motifs is 3. The Kier molecular flexibility index (Phi) is 3.35. The number of aromatic nitrogens is 1. The quantitative estimate of drug-likeness (QED) is 0.799. The monoisotopic (exact) mass is 371 g/mol. The fourth-order valence-electron chi connectivity index (χ4n) is 6.48. The number of carbonyl (C=O) groups excluding carboxylic acids is 1. The standard InChI is InChI=1S/C21H26FN3O2/c1-12-17-5-16-14(4-13(7-22)8-23-16)9-25(17)20(26)21(12)3-2-15(6-21)24-10-19-18(24)11-27-19/h4,8,12,15,17-19H,2-3,5-7,9-11H2,1H3/t12?,15?,17?,18?,19?,21-/m0/s1. The Morgan fingerprint density at radius 2 is 2.30 bits per heavy atom. The molecule has 1 amide bonds. The lowest BCUT2D eigenvalue weighted by Crippen LogP contribution is -2.72. The van der Waals surface area contributed by atoms with Crippen LogP contribution in [0, 0.1) is 11.3 Å². The molecule has 6 atom stereocenters. The summed E-state index contributed by atoms with van der Waals surface area (Å²) in [5.41, 5.74) is 2.48. The van der Waals surface area contributed by atoms with E-state index in [9.17, 15) is 9.18 Å². The predicted molar refractivity (Wildman–Crippen MR) is 96.6 cm³/mol.